The van der Waals surface area contributed by atoms with Gasteiger partial charge in [0.15, 0.2) is 0 Å². The van der Waals surface area contributed by atoms with Crippen molar-refractivity contribution in [2.75, 3.05) is 13.2 Å². The maximum absolute atomic E-state index is 11.4. The average Bonchev–Trinajstić information content (AvgIpc) is 2.35. The minimum atomic E-state index is -1.07. The fourth-order valence-electron chi connectivity index (χ4n) is 1.25. The second kappa shape index (κ2) is 3.89. The molecular formula is C9H13NO4. The van der Waals surface area contributed by atoms with Crippen molar-refractivity contribution in [2.24, 2.45) is 0 Å². The number of β-amino-alcohol motifs (C(OH)–C–C–N with tert-alkyl or cyclic N) is 1. The zero-order valence-corrected chi connectivity index (χ0v) is 8.15. The van der Waals surface area contributed by atoms with Gasteiger partial charge in [-0.2, -0.15) is 0 Å². The van der Waals surface area contributed by atoms with Gasteiger partial charge >= 0.3 is 0 Å². The summed E-state index contributed by atoms with van der Waals surface area (Å²) in [7, 11) is 0. The Bertz CT molecular complexity index is 284. The predicted molar refractivity (Wildman–Crippen MR) is 48.2 cm³/mol. The molecule has 0 saturated heterocycles. The van der Waals surface area contributed by atoms with Crippen molar-refractivity contribution in [2.45, 2.75) is 20.0 Å². The molecule has 5 heteroatoms. The van der Waals surface area contributed by atoms with E-state index in [0.29, 0.717) is 11.1 Å². The Kier molecular flexibility index (Phi) is 3.03. The molecule has 0 spiro atoms. The maximum atomic E-state index is 11.4. The Morgan fingerprint density at radius 1 is 1.21 bits per heavy atom. The number of carbonyl (C=O) groups excluding carboxylic acids is 2. The smallest absolute Gasteiger partial charge is 0.256 e. The van der Waals surface area contributed by atoms with Crippen LogP contribution in [0, 0.1) is 0 Å². The molecule has 1 heterocycles. The van der Waals surface area contributed by atoms with E-state index in [0.717, 1.165) is 4.90 Å². The van der Waals surface area contributed by atoms with Crippen LogP contribution in [0.5, 0.6) is 0 Å². The van der Waals surface area contributed by atoms with Crippen LogP contribution in [0.4, 0.5) is 0 Å². The van der Waals surface area contributed by atoms with Gasteiger partial charge < -0.3 is 10.2 Å². The number of nitrogens with zero attached hydrogens (tertiary/aromatic N) is 1. The molecule has 0 bridgehead atoms. The van der Waals surface area contributed by atoms with Crippen LogP contribution >= 0.6 is 0 Å². The molecule has 1 atom stereocenters. The molecule has 0 fully saturated rings. The largest absolute Gasteiger partial charge is 0.394 e. The van der Waals surface area contributed by atoms with E-state index in [2.05, 4.69) is 0 Å². The molecule has 1 unspecified atom stereocenters. The van der Waals surface area contributed by atoms with Crippen LogP contribution in [0.15, 0.2) is 11.1 Å². The number of amides is 2. The fraction of sp³-hybridized carbons (Fsp3) is 0.556. The van der Waals surface area contributed by atoms with Gasteiger partial charge in [0, 0.05) is 11.1 Å². The Morgan fingerprint density at radius 2 is 1.64 bits per heavy atom. The number of hydrogen-bond donors (Lipinski definition) is 2. The molecule has 1 aliphatic heterocycles. The minimum Gasteiger partial charge on any atom is -0.394 e. The Morgan fingerprint density at radius 3 is 2.00 bits per heavy atom. The number of rotatable bonds is 3. The molecule has 14 heavy (non-hydrogen) atoms. The predicted octanol–water partition coefficient (Wildman–Crippen LogP) is -0.955. The van der Waals surface area contributed by atoms with E-state index in [-0.39, 0.29) is 18.4 Å². The molecule has 0 aliphatic carbocycles. The third-order valence-electron chi connectivity index (χ3n) is 2.30. The number of imide groups is 1. The van der Waals surface area contributed by atoms with Crippen molar-refractivity contribution in [3.63, 3.8) is 0 Å². The lowest BCUT2D eigenvalue weighted by Crippen LogP contribution is -2.39. The van der Waals surface area contributed by atoms with Gasteiger partial charge in [0.05, 0.1) is 19.3 Å². The normalized spacial score (nSPS) is 19.6. The van der Waals surface area contributed by atoms with Gasteiger partial charge in [-0.1, -0.05) is 0 Å². The maximum Gasteiger partial charge on any atom is 0.256 e. The number of aliphatic hydroxyl groups excluding tert-OH is 2. The van der Waals surface area contributed by atoms with E-state index < -0.39 is 12.7 Å². The average molecular weight is 199 g/mol. The van der Waals surface area contributed by atoms with Crippen molar-refractivity contribution in [3.05, 3.63) is 11.1 Å². The van der Waals surface area contributed by atoms with Crippen LogP contribution in [-0.4, -0.2) is 46.2 Å². The molecule has 5 nitrogen and oxygen atoms in total. The first kappa shape index (κ1) is 10.9. The molecule has 2 amide bonds. The SMILES string of the molecule is CC1=C(C)C(=O)N(CC(O)CO)C1=O. The second-order valence-corrected chi connectivity index (χ2v) is 3.31. The molecule has 0 radical (unpaired) electrons. The summed E-state index contributed by atoms with van der Waals surface area (Å²) in [6.45, 7) is 2.53. The molecule has 0 aromatic heterocycles. The zero-order valence-electron chi connectivity index (χ0n) is 8.15. The Balaban J connectivity index is 2.77. The van der Waals surface area contributed by atoms with Crippen LogP contribution in [0.2, 0.25) is 0 Å². The molecular weight excluding hydrogens is 186 g/mol. The van der Waals surface area contributed by atoms with Gasteiger partial charge in [-0.15, -0.1) is 0 Å². The molecule has 1 aliphatic rings. The van der Waals surface area contributed by atoms with E-state index in [9.17, 15) is 9.59 Å². The Labute approximate surface area is 81.6 Å². The summed E-state index contributed by atoms with van der Waals surface area (Å²) in [5.41, 5.74) is 0.806. The van der Waals surface area contributed by atoms with Gasteiger partial charge in [0.25, 0.3) is 11.8 Å². The quantitative estimate of drug-likeness (QED) is 0.574. The summed E-state index contributed by atoms with van der Waals surface area (Å²) in [5.74, 6) is -0.778. The zero-order chi connectivity index (χ0) is 10.9. The molecule has 0 aromatic rings. The van der Waals surface area contributed by atoms with Crippen LogP contribution < -0.4 is 0 Å². The van der Waals surface area contributed by atoms with E-state index in [1.807, 2.05) is 0 Å². The summed E-state index contributed by atoms with van der Waals surface area (Å²) in [4.78, 5) is 23.8. The first-order chi connectivity index (χ1) is 6.49. The molecule has 0 saturated carbocycles. The van der Waals surface area contributed by atoms with Crippen LogP contribution in [0.1, 0.15) is 13.8 Å². The second-order valence-electron chi connectivity index (χ2n) is 3.31. The summed E-state index contributed by atoms with van der Waals surface area (Å²) in [5, 5.41) is 17.7. The van der Waals surface area contributed by atoms with Crippen LogP contribution in [0.3, 0.4) is 0 Å². The topological polar surface area (TPSA) is 77.8 Å². The summed E-state index contributed by atoms with van der Waals surface area (Å²) in [6, 6.07) is 0. The summed E-state index contributed by atoms with van der Waals surface area (Å²) in [6.07, 6.45) is -1.07. The van der Waals surface area contributed by atoms with Gasteiger partial charge in [-0.05, 0) is 13.8 Å². The standard InChI is InChI=1S/C9H13NO4/c1-5-6(2)9(14)10(8(5)13)3-7(12)4-11/h7,11-12H,3-4H2,1-2H3. The summed E-state index contributed by atoms with van der Waals surface area (Å²) < 4.78 is 0. The highest BCUT2D eigenvalue weighted by molar-refractivity contribution is 6.18. The van der Waals surface area contributed by atoms with E-state index >= 15 is 0 Å². The van der Waals surface area contributed by atoms with Gasteiger partial charge in [0.2, 0.25) is 0 Å². The fourth-order valence-corrected chi connectivity index (χ4v) is 1.25. The Hall–Kier alpha value is -1.20. The number of hydrogen-bond acceptors (Lipinski definition) is 4. The highest BCUT2D eigenvalue weighted by Gasteiger charge is 2.34. The van der Waals surface area contributed by atoms with Crippen molar-refractivity contribution in [1.29, 1.82) is 0 Å². The lowest BCUT2D eigenvalue weighted by atomic mass is 10.2. The first-order valence-electron chi connectivity index (χ1n) is 4.31. The molecule has 78 valence electrons. The number of carbonyl (C=O) groups is 2. The first-order valence-corrected chi connectivity index (χ1v) is 4.31. The highest BCUT2D eigenvalue weighted by Crippen LogP contribution is 2.19. The molecule has 2 N–H and O–H groups in total. The lowest BCUT2D eigenvalue weighted by Gasteiger charge is -2.17. The third-order valence-corrected chi connectivity index (χ3v) is 2.30. The van der Waals surface area contributed by atoms with Crippen LogP contribution in [-0.2, 0) is 9.59 Å². The number of aliphatic hydroxyl groups is 2. The lowest BCUT2D eigenvalue weighted by molar-refractivity contribution is -0.139. The van der Waals surface area contributed by atoms with Crippen molar-refractivity contribution < 1.29 is 19.8 Å². The van der Waals surface area contributed by atoms with Gasteiger partial charge in [0.1, 0.15) is 0 Å². The third kappa shape index (κ3) is 1.69. The highest BCUT2D eigenvalue weighted by atomic mass is 16.3. The van der Waals surface area contributed by atoms with Crippen LogP contribution in [0.25, 0.3) is 0 Å². The van der Waals surface area contributed by atoms with Crippen molar-refractivity contribution >= 4 is 11.8 Å². The molecule has 0 aromatic carbocycles. The van der Waals surface area contributed by atoms with Gasteiger partial charge in [-0.25, -0.2) is 0 Å². The van der Waals surface area contributed by atoms with E-state index in [4.69, 9.17) is 10.2 Å². The van der Waals surface area contributed by atoms with E-state index in [1.165, 1.54) is 0 Å². The van der Waals surface area contributed by atoms with Crippen molar-refractivity contribution in [3.8, 4) is 0 Å². The molecule has 1 rings (SSSR count). The minimum absolute atomic E-state index is 0.150. The van der Waals surface area contributed by atoms with E-state index in [1.54, 1.807) is 13.8 Å². The van der Waals surface area contributed by atoms with Crippen molar-refractivity contribution in [1.82, 2.24) is 4.90 Å². The van der Waals surface area contributed by atoms with Gasteiger partial charge in [-0.3, -0.25) is 14.5 Å². The summed E-state index contributed by atoms with van der Waals surface area (Å²) >= 11 is 0. The monoisotopic (exact) mass is 199 g/mol.